The molecule has 0 saturated carbocycles. The number of nitrogens with one attached hydrogen (secondary N) is 1. The standard InChI is InChI=1S/C21H28N2OS2/c1-16(2)26-19-9-7-18(8-10-19)21(24)22-13-17-5-3-11-23(14-17)15-20-6-4-12-25-20/h4,6-10,12,16-17H,3,5,11,13-15H2,1-2H3,(H,22,24). The highest BCUT2D eigenvalue weighted by Crippen LogP contribution is 2.23. The van der Waals surface area contributed by atoms with Crippen LogP contribution in [0.1, 0.15) is 41.9 Å². The highest BCUT2D eigenvalue weighted by Gasteiger charge is 2.21. The number of piperidine rings is 1. The van der Waals surface area contributed by atoms with Gasteiger partial charge >= 0.3 is 0 Å². The summed E-state index contributed by atoms with van der Waals surface area (Å²) < 4.78 is 0. The lowest BCUT2D eigenvalue weighted by Crippen LogP contribution is -2.40. The summed E-state index contributed by atoms with van der Waals surface area (Å²) in [5.74, 6) is 0.588. The molecule has 1 aliphatic rings. The van der Waals surface area contributed by atoms with E-state index in [9.17, 15) is 4.79 Å². The van der Waals surface area contributed by atoms with E-state index in [0.29, 0.717) is 11.2 Å². The highest BCUT2D eigenvalue weighted by molar-refractivity contribution is 7.99. The van der Waals surface area contributed by atoms with E-state index in [0.717, 1.165) is 31.7 Å². The van der Waals surface area contributed by atoms with Crippen LogP contribution in [0.4, 0.5) is 0 Å². The van der Waals surface area contributed by atoms with Crippen LogP contribution in [0, 0.1) is 5.92 Å². The molecule has 1 amide bonds. The first kappa shape index (κ1) is 19.5. The Labute approximate surface area is 165 Å². The molecule has 1 aliphatic heterocycles. The van der Waals surface area contributed by atoms with Crippen molar-refractivity contribution >= 4 is 29.0 Å². The van der Waals surface area contributed by atoms with Gasteiger partial charge in [-0.25, -0.2) is 0 Å². The average molecular weight is 389 g/mol. The molecule has 1 fully saturated rings. The lowest BCUT2D eigenvalue weighted by Gasteiger charge is -2.32. The fraction of sp³-hybridized carbons (Fsp3) is 0.476. The van der Waals surface area contributed by atoms with E-state index in [1.807, 2.05) is 47.4 Å². The van der Waals surface area contributed by atoms with Gasteiger partial charge in [-0.1, -0.05) is 19.9 Å². The molecule has 26 heavy (non-hydrogen) atoms. The Balaban J connectivity index is 1.46. The van der Waals surface area contributed by atoms with Crippen molar-refractivity contribution in [3.05, 3.63) is 52.2 Å². The van der Waals surface area contributed by atoms with Gasteiger partial charge in [0.2, 0.25) is 0 Å². The summed E-state index contributed by atoms with van der Waals surface area (Å²) in [5.41, 5.74) is 0.754. The molecule has 2 aromatic rings. The van der Waals surface area contributed by atoms with Gasteiger partial charge in [0.05, 0.1) is 0 Å². The number of hydrogen-bond donors (Lipinski definition) is 1. The summed E-state index contributed by atoms with van der Waals surface area (Å²) in [6.45, 7) is 8.40. The zero-order valence-electron chi connectivity index (χ0n) is 15.6. The lowest BCUT2D eigenvalue weighted by molar-refractivity contribution is 0.0931. The van der Waals surface area contributed by atoms with Crippen molar-refractivity contribution in [1.29, 1.82) is 0 Å². The maximum Gasteiger partial charge on any atom is 0.251 e. The van der Waals surface area contributed by atoms with Crippen LogP contribution >= 0.6 is 23.1 Å². The van der Waals surface area contributed by atoms with E-state index < -0.39 is 0 Å². The third kappa shape index (κ3) is 5.86. The fourth-order valence-corrected chi connectivity index (χ4v) is 4.96. The predicted octanol–water partition coefficient (Wildman–Crippen LogP) is 4.89. The molecular weight excluding hydrogens is 360 g/mol. The first-order valence-electron chi connectivity index (χ1n) is 9.40. The SMILES string of the molecule is CC(C)Sc1ccc(C(=O)NCC2CCCN(Cc3cccs3)C2)cc1. The van der Waals surface area contributed by atoms with Gasteiger partial charge in [0.25, 0.3) is 5.91 Å². The predicted molar refractivity (Wildman–Crippen MR) is 112 cm³/mol. The first-order chi connectivity index (χ1) is 12.6. The van der Waals surface area contributed by atoms with Crippen molar-refractivity contribution in [1.82, 2.24) is 10.2 Å². The molecule has 0 bridgehead atoms. The monoisotopic (exact) mass is 388 g/mol. The second-order valence-corrected chi connectivity index (χ2v) is 9.91. The average Bonchev–Trinajstić information content (AvgIpc) is 3.13. The third-order valence-electron chi connectivity index (χ3n) is 4.60. The smallest absolute Gasteiger partial charge is 0.251 e. The van der Waals surface area contributed by atoms with Crippen LogP contribution < -0.4 is 5.32 Å². The van der Waals surface area contributed by atoms with Crippen molar-refractivity contribution in [3.8, 4) is 0 Å². The molecule has 0 aliphatic carbocycles. The number of rotatable bonds is 7. The molecule has 140 valence electrons. The molecule has 0 radical (unpaired) electrons. The quantitative estimate of drug-likeness (QED) is 0.685. The Morgan fingerprint density at radius 1 is 1.31 bits per heavy atom. The van der Waals surface area contributed by atoms with Crippen LogP contribution in [-0.4, -0.2) is 35.7 Å². The molecule has 1 unspecified atom stereocenters. The van der Waals surface area contributed by atoms with Crippen molar-refractivity contribution in [2.45, 2.75) is 43.4 Å². The van der Waals surface area contributed by atoms with Crippen LogP contribution in [-0.2, 0) is 6.54 Å². The molecule has 5 heteroatoms. The number of hydrogen-bond acceptors (Lipinski definition) is 4. The summed E-state index contributed by atoms with van der Waals surface area (Å²) in [7, 11) is 0. The molecule has 1 N–H and O–H groups in total. The van der Waals surface area contributed by atoms with Gasteiger partial charge in [-0.3, -0.25) is 9.69 Å². The summed E-state index contributed by atoms with van der Waals surface area (Å²) in [4.78, 5) is 17.6. The van der Waals surface area contributed by atoms with Crippen molar-refractivity contribution in [3.63, 3.8) is 0 Å². The molecule has 1 aromatic carbocycles. The maximum absolute atomic E-state index is 12.4. The van der Waals surface area contributed by atoms with E-state index in [4.69, 9.17) is 0 Å². The second kappa shape index (κ2) is 9.58. The fourth-order valence-electron chi connectivity index (χ4n) is 3.38. The minimum Gasteiger partial charge on any atom is -0.352 e. The van der Waals surface area contributed by atoms with Crippen molar-refractivity contribution in [2.75, 3.05) is 19.6 Å². The van der Waals surface area contributed by atoms with Crippen LogP contribution in [0.2, 0.25) is 0 Å². The summed E-state index contributed by atoms with van der Waals surface area (Å²) in [6, 6.07) is 12.3. The maximum atomic E-state index is 12.4. The molecule has 3 rings (SSSR count). The lowest BCUT2D eigenvalue weighted by atomic mass is 9.98. The van der Waals surface area contributed by atoms with Gasteiger partial charge in [0.1, 0.15) is 0 Å². The van der Waals surface area contributed by atoms with Gasteiger partial charge in [0, 0.05) is 40.2 Å². The Hall–Kier alpha value is -1.30. The Bertz CT molecular complexity index is 683. The van der Waals surface area contributed by atoms with E-state index in [1.54, 1.807) is 0 Å². The van der Waals surface area contributed by atoms with Crippen LogP contribution in [0.5, 0.6) is 0 Å². The van der Waals surface area contributed by atoms with Gasteiger partial charge in [-0.05, 0) is 61.0 Å². The van der Waals surface area contributed by atoms with Crippen molar-refractivity contribution < 1.29 is 4.79 Å². The minimum absolute atomic E-state index is 0.0430. The van der Waals surface area contributed by atoms with Crippen LogP contribution in [0.3, 0.4) is 0 Å². The molecule has 2 heterocycles. The summed E-state index contributed by atoms with van der Waals surface area (Å²) >= 11 is 3.64. The number of carbonyl (C=O) groups is 1. The molecular formula is C21H28N2OS2. The Morgan fingerprint density at radius 2 is 2.12 bits per heavy atom. The second-order valence-electron chi connectivity index (χ2n) is 7.22. The van der Waals surface area contributed by atoms with Gasteiger partial charge in [0.15, 0.2) is 0 Å². The Morgan fingerprint density at radius 3 is 2.81 bits per heavy atom. The molecule has 1 aromatic heterocycles. The van der Waals surface area contributed by atoms with Crippen LogP contribution in [0.15, 0.2) is 46.7 Å². The summed E-state index contributed by atoms with van der Waals surface area (Å²) in [5, 5.41) is 5.83. The third-order valence-corrected chi connectivity index (χ3v) is 6.48. The molecule has 1 saturated heterocycles. The number of carbonyl (C=O) groups excluding carboxylic acids is 1. The summed E-state index contributed by atoms with van der Waals surface area (Å²) in [6.07, 6.45) is 2.41. The number of likely N-dealkylation sites (tertiary alicyclic amines) is 1. The van der Waals surface area contributed by atoms with E-state index in [2.05, 4.69) is 41.6 Å². The number of benzene rings is 1. The van der Waals surface area contributed by atoms with E-state index in [1.165, 1.54) is 22.6 Å². The molecule has 1 atom stereocenters. The molecule has 0 spiro atoms. The number of nitrogens with zero attached hydrogens (tertiary/aromatic N) is 1. The molecule has 3 nitrogen and oxygen atoms in total. The van der Waals surface area contributed by atoms with Crippen molar-refractivity contribution in [2.24, 2.45) is 5.92 Å². The zero-order valence-corrected chi connectivity index (χ0v) is 17.2. The highest BCUT2D eigenvalue weighted by atomic mass is 32.2. The van der Waals surface area contributed by atoms with Crippen LogP contribution in [0.25, 0.3) is 0 Å². The van der Waals surface area contributed by atoms with Gasteiger partial charge in [-0.2, -0.15) is 0 Å². The topological polar surface area (TPSA) is 32.3 Å². The number of thiophene rings is 1. The van der Waals surface area contributed by atoms with Gasteiger partial charge < -0.3 is 5.32 Å². The number of thioether (sulfide) groups is 1. The largest absolute Gasteiger partial charge is 0.352 e. The van der Waals surface area contributed by atoms with E-state index in [-0.39, 0.29) is 5.91 Å². The zero-order chi connectivity index (χ0) is 18.4. The minimum atomic E-state index is 0.0430. The normalized spacial score (nSPS) is 18.2. The Kier molecular flexibility index (Phi) is 7.17. The first-order valence-corrected chi connectivity index (χ1v) is 11.2. The number of amides is 1. The van der Waals surface area contributed by atoms with E-state index >= 15 is 0 Å². The van der Waals surface area contributed by atoms with Gasteiger partial charge in [-0.15, -0.1) is 23.1 Å².